The Morgan fingerprint density at radius 2 is 1.95 bits per heavy atom. The van der Waals surface area contributed by atoms with Gasteiger partial charge in [0.05, 0.1) is 0 Å². The summed E-state index contributed by atoms with van der Waals surface area (Å²) >= 11 is 6.58. The van der Waals surface area contributed by atoms with Gasteiger partial charge in [-0.3, -0.25) is 0 Å². The predicted octanol–water partition coefficient (Wildman–Crippen LogP) is 1.91. The molecular formula is C12H21N5O2S2. The Morgan fingerprint density at radius 1 is 1.29 bits per heavy atom. The van der Waals surface area contributed by atoms with E-state index >= 15 is 0 Å². The lowest BCUT2D eigenvalue weighted by Gasteiger charge is -2.19. The SMILES string of the molecule is CCc1nnc(NC(=S)NCCNC(=O)OC(C)(C)C)s1. The second-order valence-corrected chi connectivity index (χ2v) is 6.63. The van der Waals surface area contributed by atoms with Crippen molar-refractivity contribution >= 4 is 39.9 Å². The van der Waals surface area contributed by atoms with Crippen molar-refractivity contribution in [3.63, 3.8) is 0 Å². The molecule has 0 aliphatic carbocycles. The molecule has 1 heterocycles. The maximum absolute atomic E-state index is 11.4. The highest BCUT2D eigenvalue weighted by Crippen LogP contribution is 2.14. The van der Waals surface area contributed by atoms with Gasteiger partial charge in [0.25, 0.3) is 0 Å². The third-order valence-electron chi connectivity index (χ3n) is 2.07. The normalized spacial score (nSPS) is 10.9. The van der Waals surface area contributed by atoms with E-state index < -0.39 is 11.7 Å². The van der Waals surface area contributed by atoms with E-state index in [9.17, 15) is 4.79 Å². The molecule has 0 spiro atoms. The van der Waals surface area contributed by atoms with Gasteiger partial charge in [-0.15, -0.1) is 10.2 Å². The largest absolute Gasteiger partial charge is 0.444 e. The maximum atomic E-state index is 11.4. The van der Waals surface area contributed by atoms with Crippen molar-refractivity contribution in [2.45, 2.75) is 39.7 Å². The number of aryl methyl sites for hydroxylation is 1. The maximum Gasteiger partial charge on any atom is 0.407 e. The smallest absolute Gasteiger partial charge is 0.407 e. The number of amides is 1. The molecule has 0 saturated heterocycles. The number of carbonyl (C=O) groups is 1. The summed E-state index contributed by atoms with van der Waals surface area (Å²) in [5, 5.41) is 18.5. The van der Waals surface area contributed by atoms with Crippen molar-refractivity contribution in [3.05, 3.63) is 5.01 Å². The molecule has 9 heteroatoms. The van der Waals surface area contributed by atoms with E-state index in [-0.39, 0.29) is 0 Å². The summed E-state index contributed by atoms with van der Waals surface area (Å²) in [5.74, 6) is 0. The third kappa shape index (κ3) is 7.76. The monoisotopic (exact) mass is 331 g/mol. The fourth-order valence-electron chi connectivity index (χ4n) is 1.24. The summed E-state index contributed by atoms with van der Waals surface area (Å²) in [7, 11) is 0. The molecule has 0 bridgehead atoms. The summed E-state index contributed by atoms with van der Waals surface area (Å²) < 4.78 is 5.11. The van der Waals surface area contributed by atoms with E-state index in [0.29, 0.717) is 23.3 Å². The Bertz CT molecular complexity index is 484. The highest BCUT2D eigenvalue weighted by molar-refractivity contribution is 7.80. The molecule has 3 N–H and O–H groups in total. The minimum absolute atomic E-state index is 0.410. The lowest BCUT2D eigenvalue weighted by atomic mass is 10.2. The number of aromatic nitrogens is 2. The Kier molecular flexibility index (Phi) is 6.76. The molecular weight excluding hydrogens is 310 g/mol. The van der Waals surface area contributed by atoms with E-state index in [4.69, 9.17) is 17.0 Å². The first-order valence-electron chi connectivity index (χ1n) is 6.64. The number of ether oxygens (including phenoxy) is 1. The van der Waals surface area contributed by atoms with Crippen molar-refractivity contribution in [3.8, 4) is 0 Å². The van der Waals surface area contributed by atoms with E-state index in [1.165, 1.54) is 11.3 Å². The standard InChI is InChI=1S/C12H21N5O2S2/c1-5-8-16-17-10(21-8)15-9(20)13-6-7-14-11(18)19-12(2,3)4/h5-7H2,1-4H3,(H,14,18)(H2,13,15,17,20). The summed E-state index contributed by atoms with van der Waals surface area (Å²) in [4.78, 5) is 11.4. The minimum Gasteiger partial charge on any atom is -0.444 e. The highest BCUT2D eigenvalue weighted by Gasteiger charge is 2.15. The summed E-state index contributed by atoms with van der Waals surface area (Å²) in [5.41, 5.74) is -0.497. The van der Waals surface area contributed by atoms with Crippen LogP contribution in [0.1, 0.15) is 32.7 Å². The van der Waals surface area contributed by atoms with Gasteiger partial charge in [-0.25, -0.2) is 4.79 Å². The van der Waals surface area contributed by atoms with Gasteiger partial charge in [-0.1, -0.05) is 18.3 Å². The van der Waals surface area contributed by atoms with Gasteiger partial charge in [0, 0.05) is 13.1 Å². The Morgan fingerprint density at radius 3 is 2.52 bits per heavy atom. The number of hydrogen-bond acceptors (Lipinski definition) is 6. The molecule has 21 heavy (non-hydrogen) atoms. The van der Waals surface area contributed by atoms with Gasteiger partial charge in [-0.05, 0) is 39.4 Å². The van der Waals surface area contributed by atoms with Crippen LogP contribution < -0.4 is 16.0 Å². The number of alkyl carbamates (subject to hydrolysis) is 1. The van der Waals surface area contributed by atoms with Crippen LogP contribution in [0, 0.1) is 0 Å². The lowest BCUT2D eigenvalue weighted by Crippen LogP contribution is -2.39. The lowest BCUT2D eigenvalue weighted by molar-refractivity contribution is 0.0529. The number of nitrogens with one attached hydrogen (secondary N) is 3. The molecule has 0 aliphatic heterocycles. The van der Waals surface area contributed by atoms with Crippen LogP contribution in [0.5, 0.6) is 0 Å². The third-order valence-corrected chi connectivity index (χ3v) is 3.30. The molecule has 0 atom stereocenters. The Labute approximate surface area is 133 Å². The number of nitrogens with zero attached hydrogens (tertiary/aromatic N) is 2. The second-order valence-electron chi connectivity index (χ2n) is 5.16. The molecule has 1 aromatic heterocycles. The zero-order valence-electron chi connectivity index (χ0n) is 12.6. The first-order chi connectivity index (χ1) is 9.80. The number of hydrogen-bond donors (Lipinski definition) is 3. The zero-order chi connectivity index (χ0) is 15.9. The van der Waals surface area contributed by atoms with Crippen LogP contribution in [-0.4, -0.2) is 40.1 Å². The molecule has 0 fully saturated rings. The molecule has 0 radical (unpaired) electrons. The number of anilines is 1. The van der Waals surface area contributed by atoms with Gasteiger partial charge in [0.2, 0.25) is 5.13 Å². The van der Waals surface area contributed by atoms with Gasteiger partial charge in [-0.2, -0.15) is 0 Å². The van der Waals surface area contributed by atoms with Gasteiger partial charge >= 0.3 is 6.09 Å². The first-order valence-corrected chi connectivity index (χ1v) is 7.86. The van der Waals surface area contributed by atoms with Gasteiger partial charge in [0.15, 0.2) is 5.11 Å². The Hall–Kier alpha value is -1.48. The van der Waals surface area contributed by atoms with Crippen LogP contribution in [0.15, 0.2) is 0 Å². The van der Waals surface area contributed by atoms with Crippen LogP contribution in [0.3, 0.4) is 0 Å². The molecule has 118 valence electrons. The van der Waals surface area contributed by atoms with Crippen LogP contribution in [-0.2, 0) is 11.2 Å². The van der Waals surface area contributed by atoms with E-state index in [1.807, 2.05) is 27.7 Å². The summed E-state index contributed by atoms with van der Waals surface area (Å²) in [6.45, 7) is 8.37. The average molecular weight is 331 g/mol. The van der Waals surface area contributed by atoms with Crippen molar-refractivity contribution in [1.29, 1.82) is 0 Å². The zero-order valence-corrected chi connectivity index (χ0v) is 14.3. The Balaban J connectivity index is 2.17. The molecule has 0 aliphatic rings. The molecule has 7 nitrogen and oxygen atoms in total. The van der Waals surface area contributed by atoms with Crippen molar-refractivity contribution in [1.82, 2.24) is 20.8 Å². The van der Waals surface area contributed by atoms with E-state index in [0.717, 1.165) is 11.4 Å². The number of rotatable bonds is 5. The minimum atomic E-state index is -0.497. The number of thiocarbonyl (C=S) groups is 1. The highest BCUT2D eigenvalue weighted by atomic mass is 32.1. The van der Waals surface area contributed by atoms with E-state index in [1.54, 1.807) is 0 Å². The molecule has 1 aromatic rings. The predicted molar refractivity (Wildman–Crippen MR) is 87.7 cm³/mol. The van der Waals surface area contributed by atoms with Crippen LogP contribution in [0.2, 0.25) is 0 Å². The van der Waals surface area contributed by atoms with Crippen LogP contribution in [0.4, 0.5) is 9.93 Å². The summed E-state index contributed by atoms with van der Waals surface area (Å²) in [6.07, 6.45) is 0.402. The molecule has 1 rings (SSSR count). The topological polar surface area (TPSA) is 88.2 Å². The average Bonchev–Trinajstić information content (AvgIpc) is 2.80. The van der Waals surface area contributed by atoms with Crippen molar-refractivity contribution in [2.75, 3.05) is 18.4 Å². The van der Waals surface area contributed by atoms with E-state index in [2.05, 4.69) is 26.1 Å². The molecule has 0 aromatic carbocycles. The van der Waals surface area contributed by atoms with Crippen LogP contribution in [0.25, 0.3) is 0 Å². The van der Waals surface area contributed by atoms with Gasteiger partial charge in [0.1, 0.15) is 10.6 Å². The fraction of sp³-hybridized carbons (Fsp3) is 0.667. The van der Waals surface area contributed by atoms with Crippen molar-refractivity contribution < 1.29 is 9.53 Å². The number of carbonyl (C=O) groups excluding carboxylic acids is 1. The van der Waals surface area contributed by atoms with Crippen molar-refractivity contribution in [2.24, 2.45) is 0 Å². The molecule has 1 amide bonds. The first kappa shape index (κ1) is 17.6. The molecule has 0 saturated carbocycles. The second kappa shape index (κ2) is 8.08. The molecule has 0 unspecified atom stereocenters. The fourth-order valence-corrected chi connectivity index (χ4v) is 2.19. The van der Waals surface area contributed by atoms with Crippen LogP contribution >= 0.6 is 23.6 Å². The quantitative estimate of drug-likeness (QED) is 0.561. The van der Waals surface area contributed by atoms with Gasteiger partial charge < -0.3 is 20.7 Å². The summed E-state index contributed by atoms with van der Waals surface area (Å²) in [6, 6.07) is 0.